The van der Waals surface area contributed by atoms with Gasteiger partial charge in [0.05, 0.1) is 28.0 Å². The van der Waals surface area contributed by atoms with Crippen molar-refractivity contribution in [3.8, 4) is 17.0 Å². The fourth-order valence-corrected chi connectivity index (χ4v) is 4.16. The molecule has 1 aromatic carbocycles. The summed E-state index contributed by atoms with van der Waals surface area (Å²) in [5, 5.41) is 10.2. The zero-order valence-electron chi connectivity index (χ0n) is 17.6. The summed E-state index contributed by atoms with van der Waals surface area (Å²) in [5.74, 6) is 0.458. The van der Waals surface area contributed by atoms with Crippen molar-refractivity contribution in [3.63, 3.8) is 0 Å². The van der Waals surface area contributed by atoms with E-state index in [1.165, 1.54) is 12.1 Å². The van der Waals surface area contributed by atoms with Gasteiger partial charge in [-0.05, 0) is 38.2 Å². The minimum Gasteiger partial charge on any atom is -0.435 e. The van der Waals surface area contributed by atoms with Gasteiger partial charge < -0.3 is 20.5 Å². The van der Waals surface area contributed by atoms with Crippen LogP contribution >= 0.6 is 23.2 Å². The van der Waals surface area contributed by atoms with Crippen LogP contribution in [0.2, 0.25) is 10.0 Å². The second-order valence-electron chi connectivity index (χ2n) is 8.16. The van der Waals surface area contributed by atoms with Gasteiger partial charge in [0.25, 0.3) is 0 Å². The van der Waals surface area contributed by atoms with Crippen molar-refractivity contribution >= 4 is 29.0 Å². The lowest BCUT2D eigenvalue weighted by molar-refractivity contribution is -0.0498. The Kier molecular flexibility index (Phi) is 7.25. The molecule has 3 N–H and O–H groups in total. The molecule has 31 heavy (non-hydrogen) atoms. The molecular weight excluding hydrogens is 449 g/mol. The fraction of sp³-hybridized carbons (Fsp3) is 0.524. The lowest BCUT2D eigenvalue weighted by Crippen LogP contribution is -2.47. The quantitative estimate of drug-likeness (QED) is 0.624. The molecule has 1 unspecified atom stereocenters. The SMILES string of the molecule is Cc1nc(N2CCC(C)(C(C)N)CC2)c(CO)nc1-c1cc(OC(F)F)cc(Cl)c1Cl. The van der Waals surface area contributed by atoms with Crippen LogP contribution < -0.4 is 15.4 Å². The Hall–Kier alpha value is -1.74. The van der Waals surface area contributed by atoms with Gasteiger partial charge in [0.1, 0.15) is 11.4 Å². The van der Waals surface area contributed by atoms with Gasteiger partial charge in [-0.1, -0.05) is 30.1 Å². The molecule has 0 saturated carbocycles. The molecule has 1 saturated heterocycles. The van der Waals surface area contributed by atoms with E-state index >= 15 is 0 Å². The van der Waals surface area contributed by atoms with Crippen LogP contribution in [0.3, 0.4) is 0 Å². The van der Waals surface area contributed by atoms with E-state index in [9.17, 15) is 13.9 Å². The Labute approximate surface area is 190 Å². The molecule has 1 aliphatic rings. The number of nitrogens with zero attached hydrogens (tertiary/aromatic N) is 3. The second-order valence-corrected chi connectivity index (χ2v) is 8.95. The van der Waals surface area contributed by atoms with Gasteiger partial charge >= 0.3 is 6.61 Å². The summed E-state index contributed by atoms with van der Waals surface area (Å²) >= 11 is 12.4. The third kappa shape index (κ3) is 5.03. The predicted octanol–water partition coefficient (Wildman–Crippen LogP) is 4.81. The minimum absolute atomic E-state index is 0.0493. The third-order valence-corrected chi connectivity index (χ3v) is 6.86. The lowest BCUT2D eigenvalue weighted by atomic mass is 9.75. The summed E-state index contributed by atoms with van der Waals surface area (Å²) in [5.41, 5.74) is 7.75. The molecule has 3 rings (SSSR count). The lowest BCUT2D eigenvalue weighted by Gasteiger charge is -2.42. The van der Waals surface area contributed by atoms with E-state index in [1.807, 2.05) is 6.92 Å². The highest BCUT2D eigenvalue weighted by molar-refractivity contribution is 6.43. The molecule has 2 heterocycles. The number of hydrogen-bond acceptors (Lipinski definition) is 6. The number of ether oxygens (including phenoxy) is 1. The molecule has 0 spiro atoms. The summed E-state index contributed by atoms with van der Waals surface area (Å²) in [7, 11) is 0. The number of anilines is 1. The molecule has 1 aliphatic heterocycles. The van der Waals surface area contributed by atoms with E-state index in [-0.39, 0.29) is 33.9 Å². The Morgan fingerprint density at radius 1 is 1.26 bits per heavy atom. The van der Waals surface area contributed by atoms with Gasteiger partial charge in [-0.25, -0.2) is 9.97 Å². The van der Waals surface area contributed by atoms with Gasteiger partial charge in [0, 0.05) is 30.8 Å². The Balaban J connectivity index is 1.98. The van der Waals surface area contributed by atoms with E-state index in [2.05, 4.69) is 26.5 Å². The van der Waals surface area contributed by atoms with E-state index < -0.39 is 6.61 Å². The Bertz CT molecular complexity index is 951. The van der Waals surface area contributed by atoms with Crippen molar-refractivity contribution in [2.45, 2.75) is 52.9 Å². The van der Waals surface area contributed by atoms with Crippen molar-refractivity contribution < 1.29 is 18.6 Å². The average Bonchev–Trinajstić information content (AvgIpc) is 2.70. The molecular formula is C21H26Cl2F2N4O2. The maximum absolute atomic E-state index is 12.7. The molecule has 6 nitrogen and oxygen atoms in total. The minimum atomic E-state index is -3.01. The Morgan fingerprint density at radius 3 is 2.45 bits per heavy atom. The second kappa shape index (κ2) is 9.40. The van der Waals surface area contributed by atoms with Crippen LogP contribution in [0, 0.1) is 12.3 Å². The molecule has 0 amide bonds. The standard InChI is InChI=1S/C21H26Cl2F2N4O2/c1-11-18(14-8-13(31-20(24)25)9-15(22)17(14)23)28-16(10-30)19(27-11)29-6-4-21(3,5-7-29)12(2)26/h8-9,12,20,30H,4-7,10,26H2,1-3H3. The van der Waals surface area contributed by atoms with E-state index in [4.69, 9.17) is 28.9 Å². The highest BCUT2D eigenvalue weighted by Gasteiger charge is 2.34. The number of benzene rings is 1. The number of hydrogen-bond donors (Lipinski definition) is 2. The van der Waals surface area contributed by atoms with Crippen molar-refractivity contribution in [2.75, 3.05) is 18.0 Å². The molecule has 0 bridgehead atoms. The summed E-state index contributed by atoms with van der Waals surface area (Å²) in [4.78, 5) is 11.3. The van der Waals surface area contributed by atoms with E-state index in [1.54, 1.807) is 6.92 Å². The zero-order chi connectivity index (χ0) is 22.9. The first-order chi connectivity index (χ1) is 14.6. The van der Waals surface area contributed by atoms with Crippen molar-refractivity contribution in [1.82, 2.24) is 9.97 Å². The summed E-state index contributed by atoms with van der Waals surface area (Å²) in [6, 6.07) is 2.64. The number of halogens is 4. The van der Waals surface area contributed by atoms with Gasteiger partial charge in [-0.3, -0.25) is 0 Å². The zero-order valence-corrected chi connectivity index (χ0v) is 19.1. The first-order valence-corrected chi connectivity index (χ1v) is 10.7. The monoisotopic (exact) mass is 474 g/mol. The number of piperidine rings is 1. The number of aromatic nitrogens is 2. The largest absolute Gasteiger partial charge is 0.435 e. The number of aryl methyl sites for hydroxylation is 1. The smallest absolute Gasteiger partial charge is 0.387 e. The van der Waals surface area contributed by atoms with Crippen LogP contribution in [0.25, 0.3) is 11.3 Å². The van der Waals surface area contributed by atoms with Crippen LogP contribution in [0.1, 0.15) is 38.1 Å². The van der Waals surface area contributed by atoms with Crippen molar-refractivity contribution in [1.29, 1.82) is 0 Å². The van der Waals surface area contributed by atoms with Crippen LogP contribution in [0.15, 0.2) is 12.1 Å². The highest BCUT2D eigenvalue weighted by Crippen LogP contribution is 2.40. The molecule has 10 heteroatoms. The molecule has 0 radical (unpaired) electrons. The normalized spacial score (nSPS) is 17.2. The molecule has 0 aliphatic carbocycles. The highest BCUT2D eigenvalue weighted by atomic mass is 35.5. The maximum atomic E-state index is 12.7. The topological polar surface area (TPSA) is 84.5 Å². The van der Waals surface area contributed by atoms with Gasteiger partial charge in [-0.15, -0.1) is 0 Å². The number of rotatable bonds is 6. The van der Waals surface area contributed by atoms with Crippen LogP contribution in [0.4, 0.5) is 14.6 Å². The van der Waals surface area contributed by atoms with E-state index in [0.717, 1.165) is 25.9 Å². The van der Waals surface area contributed by atoms with E-state index in [0.29, 0.717) is 28.5 Å². The fourth-order valence-electron chi connectivity index (χ4n) is 3.75. The number of aliphatic hydroxyl groups excluding tert-OH is 1. The molecule has 2 aromatic rings. The van der Waals surface area contributed by atoms with Crippen molar-refractivity contribution in [2.24, 2.45) is 11.1 Å². The molecule has 170 valence electrons. The van der Waals surface area contributed by atoms with Crippen LogP contribution in [-0.4, -0.2) is 40.8 Å². The number of alkyl halides is 2. The summed E-state index contributed by atoms with van der Waals surface area (Å²) in [6.45, 7) is 4.08. The molecule has 1 fully saturated rings. The third-order valence-electron chi connectivity index (χ3n) is 6.06. The van der Waals surface area contributed by atoms with Gasteiger partial charge in [0.15, 0.2) is 5.82 Å². The number of nitrogens with two attached hydrogens (primary N) is 1. The molecule has 1 atom stereocenters. The Morgan fingerprint density at radius 2 is 1.90 bits per heavy atom. The maximum Gasteiger partial charge on any atom is 0.387 e. The summed E-state index contributed by atoms with van der Waals surface area (Å²) in [6.07, 6.45) is 1.79. The van der Waals surface area contributed by atoms with Crippen LogP contribution in [0.5, 0.6) is 5.75 Å². The summed E-state index contributed by atoms with van der Waals surface area (Å²) < 4.78 is 29.8. The molecule has 1 aromatic heterocycles. The van der Waals surface area contributed by atoms with Crippen molar-refractivity contribution in [3.05, 3.63) is 33.6 Å². The van der Waals surface area contributed by atoms with Gasteiger partial charge in [0.2, 0.25) is 0 Å². The average molecular weight is 475 g/mol. The predicted molar refractivity (Wildman–Crippen MR) is 118 cm³/mol. The first-order valence-electron chi connectivity index (χ1n) is 9.99. The first kappa shape index (κ1) is 23.9. The van der Waals surface area contributed by atoms with Crippen LogP contribution in [-0.2, 0) is 6.61 Å². The number of aliphatic hydroxyl groups is 1. The van der Waals surface area contributed by atoms with Gasteiger partial charge in [-0.2, -0.15) is 8.78 Å².